The van der Waals surface area contributed by atoms with Gasteiger partial charge in [-0.1, -0.05) is 71.1 Å². The van der Waals surface area contributed by atoms with E-state index in [0.717, 1.165) is 6.42 Å². The minimum atomic E-state index is 0.118. The molecule has 1 aliphatic rings. The lowest BCUT2D eigenvalue weighted by Gasteiger charge is -2.34. The number of unbranched alkanes of at least 4 members (excludes halogenated alkanes) is 10. The van der Waals surface area contributed by atoms with Crippen LogP contribution in [0, 0.1) is 0 Å². The molecule has 4 heteroatoms. The molecule has 0 aromatic heterocycles. The van der Waals surface area contributed by atoms with Crippen LogP contribution in [0.15, 0.2) is 0 Å². The third kappa shape index (κ3) is 9.29. The van der Waals surface area contributed by atoms with Crippen LogP contribution < -0.4 is 0 Å². The number of hydrogen-bond donors (Lipinski definition) is 0. The SMILES string of the molecule is CCCCCCCCCCCCCC(=O)N1CCN(C(C)=O)CC1. The molecule has 4 nitrogen and oxygen atoms in total. The number of hydrogen-bond acceptors (Lipinski definition) is 2. The molecule has 1 aliphatic heterocycles. The molecule has 0 aromatic carbocycles. The zero-order valence-corrected chi connectivity index (χ0v) is 16.0. The zero-order valence-electron chi connectivity index (χ0n) is 16.0. The van der Waals surface area contributed by atoms with Gasteiger partial charge in [-0.05, 0) is 6.42 Å². The summed E-state index contributed by atoms with van der Waals surface area (Å²) in [5, 5.41) is 0. The molecule has 1 fully saturated rings. The molecule has 0 unspecified atom stereocenters. The molecule has 0 radical (unpaired) electrons. The van der Waals surface area contributed by atoms with E-state index in [-0.39, 0.29) is 11.8 Å². The van der Waals surface area contributed by atoms with Crippen LogP contribution in [-0.2, 0) is 9.59 Å². The predicted octanol–water partition coefficient (Wildman–Crippen LogP) is 4.38. The molecular formula is C20H38N2O2. The molecule has 0 spiro atoms. The first-order chi connectivity index (χ1) is 11.6. The topological polar surface area (TPSA) is 40.6 Å². The predicted molar refractivity (Wildman–Crippen MR) is 99.9 cm³/mol. The van der Waals surface area contributed by atoms with Crippen molar-refractivity contribution in [2.45, 2.75) is 90.9 Å². The van der Waals surface area contributed by atoms with Crippen molar-refractivity contribution in [1.82, 2.24) is 9.80 Å². The van der Waals surface area contributed by atoms with Gasteiger partial charge in [-0.3, -0.25) is 9.59 Å². The van der Waals surface area contributed by atoms with E-state index < -0.39 is 0 Å². The van der Waals surface area contributed by atoms with Gasteiger partial charge >= 0.3 is 0 Å². The third-order valence-corrected chi connectivity index (χ3v) is 5.07. The van der Waals surface area contributed by atoms with E-state index in [0.29, 0.717) is 32.6 Å². The number of rotatable bonds is 12. The average molecular weight is 339 g/mol. The van der Waals surface area contributed by atoms with Crippen molar-refractivity contribution >= 4 is 11.8 Å². The van der Waals surface area contributed by atoms with E-state index in [1.807, 2.05) is 9.80 Å². The summed E-state index contributed by atoms with van der Waals surface area (Å²) in [5.41, 5.74) is 0. The lowest BCUT2D eigenvalue weighted by molar-refractivity contribution is -0.138. The standard InChI is InChI=1S/C20H38N2O2/c1-3-4-5-6-7-8-9-10-11-12-13-14-20(24)22-17-15-21(16-18-22)19(2)23/h3-18H2,1-2H3. The lowest BCUT2D eigenvalue weighted by atomic mass is 10.1. The summed E-state index contributed by atoms with van der Waals surface area (Å²) < 4.78 is 0. The first kappa shape index (κ1) is 21.0. The second kappa shape index (κ2) is 13.3. The number of piperazine rings is 1. The summed E-state index contributed by atoms with van der Waals surface area (Å²) in [7, 11) is 0. The van der Waals surface area contributed by atoms with E-state index in [9.17, 15) is 9.59 Å². The molecule has 0 saturated carbocycles. The molecule has 140 valence electrons. The Hall–Kier alpha value is -1.06. The summed E-state index contributed by atoms with van der Waals surface area (Å²) in [6.45, 7) is 6.66. The zero-order chi connectivity index (χ0) is 17.6. The Morgan fingerprint density at radius 2 is 1.08 bits per heavy atom. The average Bonchev–Trinajstić information content (AvgIpc) is 2.59. The summed E-state index contributed by atoms with van der Waals surface area (Å²) in [4.78, 5) is 27.2. The quantitative estimate of drug-likeness (QED) is 0.496. The van der Waals surface area contributed by atoms with E-state index in [4.69, 9.17) is 0 Å². The molecule has 1 rings (SSSR count). The molecule has 1 heterocycles. The Balaban J connectivity index is 1.91. The van der Waals surface area contributed by atoms with Crippen molar-refractivity contribution in [3.63, 3.8) is 0 Å². The van der Waals surface area contributed by atoms with Crippen LogP contribution in [0.2, 0.25) is 0 Å². The van der Waals surface area contributed by atoms with Gasteiger partial charge in [0.05, 0.1) is 0 Å². The van der Waals surface area contributed by atoms with E-state index >= 15 is 0 Å². The normalized spacial score (nSPS) is 14.9. The molecule has 0 aliphatic carbocycles. The van der Waals surface area contributed by atoms with Gasteiger partial charge < -0.3 is 9.80 Å². The smallest absolute Gasteiger partial charge is 0.222 e. The minimum Gasteiger partial charge on any atom is -0.339 e. The summed E-state index contributed by atoms with van der Waals surface area (Å²) in [6, 6.07) is 0. The van der Waals surface area contributed by atoms with Gasteiger partial charge in [0.15, 0.2) is 0 Å². The van der Waals surface area contributed by atoms with Crippen LogP contribution in [0.3, 0.4) is 0 Å². The maximum Gasteiger partial charge on any atom is 0.222 e. The molecule has 24 heavy (non-hydrogen) atoms. The van der Waals surface area contributed by atoms with Crippen molar-refractivity contribution in [2.75, 3.05) is 26.2 Å². The molecule has 0 N–H and O–H groups in total. The fraction of sp³-hybridized carbons (Fsp3) is 0.900. The van der Waals surface area contributed by atoms with Crippen LogP contribution in [0.5, 0.6) is 0 Å². The second-order valence-electron chi connectivity index (χ2n) is 7.17. The summed E-state index contributed by atoms with van der Waals surface area (Å²) in [6.07, 6.45) is 15.1. The van der Waals surface area contributed by atoms with E-state index in [1.54, 1.807) is 6.92 Å². The summed E-state index contributed by atoms with van der Waals surface area (Å²) in [5.74, 6) is 0.390. The Morgan fingerprint density at radius 1 is 0.667 bits per heavy atom. The van der Waals surface area contributed by atoms with Crippen molar-refractivity contribution in [2.24, 2.45) is 0 Å². The molecule has 0 atom stereocenters. The highest BCUT2D eigenvalue weighted by Crippen LogP contribution is 2.13. The second-order valence-corrected chi connectivity index (χ2v) is 7.17. The van der Waals surface area contributed by atoms with Gasteiger partial charge in [0.25, 0.3) is 0 Å². The summed E-state index contributed by atoms with van der Waals surface area (Å²) >= 11 is 0. The van der Waals surface area contributed by atoms with E-state index in [2.05, 4.69) is 6.92 Å². The highest BCUT2D eigenvalue weighted by Gasteiger charge is 2.21. The van der Waals surface area contributed by atoms with Crippen LogP contribution in [0.25, 0.3) is 0 Å². The fourth-order valence-electron chi connectivity index (χ4n) is 3.37. The Morgan fingerprint density at radius 3 is 1.54 bits per heavy atom. The maximum atomic E-state index is 12.2. The van der Waals surface area contributed by atoms with Crippen LogP contribution >= 0.6 is 0 Å². The lowest BCUT2D eigenvalue weighted by Crippen LogP contribution is -2.50. The molecule has 2 amide bonds. The molecular weight excluding hydrogens is 300 g/mol. The molecule has 0 bridgehead atoms. The largest absolute Gasteiger partial charge is 0.339 e. The number of nitrogens with zero attached hydrogens (tertiary/aromatic N) is 2. The Kier molecular flexibility index (Phi) is 11.6. The van der Waals surface area contributed by atoms with Gasteiger partial charge in [-0.25, -0.2) is 0 Å². The Labute approximate surface area is 149 Å². The number of carbonyl (C=O) groups is 2. The highest BCUT2D eigenvalue weighted by atomic mass is 16.2. The van der Waals surface area contributed by atoms with Crippen molar-refractivity contribution < 1.29 is 9.59 Å². The van der Waals surface area contributed by atoms with Crippen LogP contribution in [0.4, 0.5) is 0 Å². The van der Waals surface area contributed by atoms with Crippen LogP contribution in [-0.4, -0.2) is 47.8 Å². The molecule has 1 saturated heterocycles. The molecule has 0 aromatic rings. The van der Waals surface area contributed by atoms with Gasteiger partial charge in [-0.2, -0.15) is 0 Å². The van der Waals surface area contributed by atoms with Gasteiger partial charge in [-0.15, -0.1) is 0 Å². The highest BCUT2D eigenvalue weighted by molar-refractivity contribution is 5.77. The number of carbonyl (C=O) groups excluding carboxylic acids is 2. The van der Waals surface area contributed by atoms with Crippen molar-refractivity contribution in [3.8, 4) is 0 Å². The monoisotopic (exact) mass is 338 g/mol. The number of amides is 2. The Bertz CT molecular complexity index is 350. The third-order valence-electron chi connectivity index (χ3n) is 5.07. The first-order valence-corrected chi connectivity index (χ1v) is 10.2. The van der Waals surface area contributed by atoms with Crippen molar-refractivity contribution in [1.29, 1.82) is 0 Å². The first-order valence-electron chi connectivity index (χ1n) is 10.2. The van der Waals surface area contributed by atoms with E-state index in [1.165, 1.54) is 64.2 Å². The van der Waals surface area contributed by atoms with Gasteiger partial charge in [0.2, 0.25) is 11.8 Å². The van der Waals surface area contributed by atoms with Crippen molar-refractivity contribution in [3.05, 3.63) is 0 Å². The maximum absolute atomic E-state index is 12.2. The minimum absolute atomic E-state index is 0.118. The fourth-order valence-corrected chi connectivity index (χ4v) is 3.37. The van der Waals surface area contributed by atoms with Crippen LogP contribution in [0.1, 0.15) is 90.9 Å². The van der Waals surface area contributed by atoms with Gasteiger partial charge in [0.1, 0.15) is 0 Å². The van der Waals surface area contributed by atoms with Gasteiger partial charge in [0, 0.05) is 39.5 Å².